The van der Waals surface area contributed by atoms with Crippen LogP contribution in [0.2, 0.25) is 0 Å². The molecular weight excluding hydrogens is 388 g/mol. The monoisotopic (exact) mass is 418 g/mol. The second kappa shape index (κ2) is 7.65. The highest BCUT2D eigenvalue weighted by atomic mass is 16.7. The fraction of sp³-hybridized carbons (Fsp3) is 0.600. The Morgan fingerprint density at radius 2 is 1.97 bits per heavy atom. The minimum atomic E-state index is -0.225. The molecule has 0 bridgehead atoms. The molecule has 0 atom stereocenters. The first kappa shape index (κ1) is 19.3. The van der Waals surface area contributed by atoms with Crippen LogP contribution in [0.4, 0.5) is 5.82 Å². The molecule has 1 aromatic carbocycles. The molecule has 6 nitrogen and oxygen atoms in total. The van der Waals surface area contributed by atoms with Crippen LogP contribution in [0, 0.1) is 23.2 Å². The van der Waals surface area contributed by atoms with Crippen LogP contribution in [0.3, 0.4) is 0 Å². The maximum atomic E-state index is 5.89. The van der Waals surface area contributed by atoms with Crippen molar-refractivity contribution in [2.45, 2.75) is 63.8 Å². The smallest absolute Gasteiger partial charge is 0.177 e. The molecular formula is C25H30N4O2. The molecule has 1 aromatic heterocycles. The lowest BCUT2D eigenvalue weighted by Gasteiger charge is -2.29. The van der Waals surface area contributed by atoms with Crippen LogP contribution in [0.5, 0.6) is 0 Å². The van der Waals surface area contributed by atoms with Gasteiger partial charge in [0.05, 0.1) is 26.0 Å². The van der Waals surface area contributed by atoms with Crippen molar-refractivity contribution in [1.82, 2.24) is 15.0 Å². The molecule has 1 saturated heterocycles. The number of hydrogen-bond donors (Lipinski definition) is 0. The van der Waals surface area contributed by atoms with Crippen LogP contribution in [0.1, 0.15) is 61.1 Å². The maximum absolute atomic E-state index is 5.89. The highest BCUT2D eigenvalue weighted by Gasteiger charge is 2.47. The van der Waals surface area contributed by atoms with Crippen LogP contribution in [0.15, 0.2) is 24.4 Å². The fourth-order valence-electron chi connectivity index (χ4n) is 4.25. The summed E-state index contributed by atoms with van der Waals surface area (Å²) in [4.78, 5) is 2.17. The Morgan fingerprint density at radius 3 is 2.68 bits per heavy atom. The zero-order chi connectivity index (χ0) is 20.8. The van der Waals surface area contributed by atoms with E-state index in [1.807, 2.05) is 10.9 Å². The summed E-state index contributed by atoms with van der Waals surface area (Å²) in [5, 5.41) is 8.69. The van der Waals surface area contributed by atoms with Gasteiger partial charge < -0.3 is 14.4 Å². The Morgan fingerprint density at radius 1 is 1.16 bits per heavy atom. The molecule has 0 radical (unpaired) electrons. The summed E-state index contributed by atoms with van der Waals surface area (Å²) in [5.74, 6) is 8.96. The summed E-state index contributed by atoms with van der Waals surface area (Å²) in [7, 11) is 2.08. The Kier molecular flexibility index (Phi) is 4.77. The van der Waals surface area contributed by atoms with E-state index < -0.39 is 0 Å². The molecule has 2 heterocycles. The average Bonchev–Trinajstić information content (AvgIpc) is 3.66. The normalized spacial score (nSPS) is 22.2. The highest BCUT2D eigenvalue weighted by molar-refractivity contribution is 5.46. The largest absolute Gasteiger partial charge is 0.353 e. The fourth-order valence-corrected chi connectivity index (χ4v) is 4.25. The van der Waals surface area contributed by atoms with Gasteiger partial charge in [0.1, 0.15) is 0 Å². The first-order valence-corrected chi connectivity index (χ1v) is 11.6. The molecule has 4 fully saturated rings. The van der Waals surface area contributed by atoms with Crippen molar-refractivity contribution in [2.75, 3.05) is 25.2 Å². The molecule has 1 aliphatic heterocycles. The lowest BCUT2D eigenvalue weighted by atomic mass is 9.99. The van der Waals surface area contributed by atoms with Crippen LogP contribution in [-0.4, -0.2) is 41.5 Å². The Bertz CT molecular complexity index is 1010. The second-order valence-corrected chi connectivity index (χ2v) is 9.94. The number of aromatic nitrogens is 3. The number of benzene rings is 1. The van der Waals surface area contributed by atoms with Gasteiger partial charge in [-0.15, -0.1) is 5.10 Å². The first-order chi connectivity index (χ1) is 15.2. The van der Waals surface area contributed by atoms with Crippen molar-refractivity contribution >= 4 is 5.82 Å². The molecule has 3 aliphatic carbocycles. The summed E-state index contributed by atoms with van der Waals surface area (Å²) in [6, 6.07) is 6.74. The van der Waals surface area contributed by atoms with Gasteiger partial charge in [-0.25, -0.2) is 4.68 Å². The summed E-state index contributed by atoms with van der Waals surface area (Å²) < 4.78 is 13.6. The van der Waals surface area contributed by atoms with E-state index >= 15 is 0 Å². The van der Waals surface area contributed by atoms with Gasteiger partial charge in [0.25, 0.3) is 0 Å². The quantitative estimate of drug-likeness (QED) is 0.670. The van der Waals surface area contributed by atoms with Gasteiger partial charge in [0.15, 0.2) is 12.1 Å². The van der Waals surface area contributed by atoms with Gasteiger partial charge in [-0.05, 0) is 67.7 Å². The average molecular weight is 419 g/mol. The minimum Gasteiger partial charge on any atom is -0.353 e. The van der Waals surface area contributed by atoms with E-state index in [-0.39, 0.29) is 6.29 Å². The number of nitrogens with zero attached hydrogens (tertiary/aromatic N) is 4. The second-order valence-electron chi connectivity index (χ2n) is 9.94. The van der Waals surface area contributed by atoms with Crippen molar-refractivity contribution in [1.29, 1.82) is 0 Å². The molecule has 6 rings (SSSR count). The third-order valence-corrected chi connectivity index (χ3v) is 6.93. The molecule has 6 heteroatoms. The molecule has 4 aliphatic rings. The van der Waals surface area contributed by atoms with Crippen LogP contribution >= 0.6 is 0 Å². The molecule has 1 spiro atoms. The molecule has 2 aromatic rings. The van der Waals surface area contributed by atoms with Gasteiger partial charge in [0, 0.05) is 30.5 Å². The van der Waals surface area contributed by atoms with E-state index in [2.05, 4.69) is 52.3 Å². The van der Waals surface area contributed by atoms with Crippen molar-refractivity contribution < 1.29 is 9.47 Å². The zero-order valence-corrected chi connectivity index (χ0v) is 18.2. The molecule has 162 valence electrons. The summed E-state index contributed by atoms with van der Waals surface area (Å²) in [6.45, 7) is 3.02. The SMILES string of the molecule is CN(Cc1ccc(C#CC2CC2)cc1C1CC1)c1cn(CC2OCC3(CC3)CO2)nn1. The van der Waals surface area contributed by atoms with E-state index in [1.165, 1.54) is 49.7 Å². The van der Waals surface area contributed by atoms with Crippen molar-refractivity contribution in [2.24, 2.45) is 11.3 Å². The van der Waals surface area contributed by atoms with Crippen LogP contribution in [0.25, 0.3) is 0 Å². The minimum absolute atomic E-state index is 0.225. The topological polar surface area (TPSA) is 52.4 Å². The van der Waals surface area contributed by atoms with Gasteiger partial charge in [-0.2, -0.15) is 0 Å². The van der Waals surface area contributed by atoms with Crippen molar-refractivity contribution in [3.63, 3.8) is 0 Å². The lowest BCUT2D eigenvalue weighted by Crippen LogP contribution is -2.36. The Hall–Kier alpha value is -2.36. The predicted octanol–water partition coefficient (Wildman–Crippen LogP) is 3.71. The number of hydrogen-bond acceptors (Lipinski definition) is 5. The lowest BCUT2D eigenvalue weighted by molar-refractivity contribution is -0.213. The maximum Gasteiger partial charge on any atom is 0.177 e. The first-order valence-electron chi connectivity index (χ1n) is 11.6. The van der Waals surface area contributed by atoms with Gasteiger partial charge in [0.2, 0.25) is 0 Å². The third kappa shape index (κ3) is 4.49. The Balaban J connectivity index is 1.10. The molecule has 31 heavy (non-hydrogen) atoms. The zero-order valence-electron chi connectivity index (χ0n) is 18.2. The van der Waals surface area contributed by atoms with Gasteiger partial charge >= 0.3 is 0 Å². The number of anilines is 1. The number of rotatable bonds is 6. The van der Waals surface area contributed by atoms with Gasteiger partial charge in [-0.3, -0.25) is 0 Å². The van der Waals surface area contributed by atoms with E-state index in [0.29, 0.717) is 23.8 Å². The summed E-state index contributed by atoms with van der Waals surface area (Å²) in [5.41, 5.74) is 4.30. The predicted molar refractivity (Wildman–Crippen MR) is 118 cm³/mol. The summed E-state index contributed by atoms with van der Waals surface area (Å²) >= 11 is 0. The van der Waals surface area contributed by atoms with Crippen LogP contribution in [-0.2, 0) is 22.6 Å². The molecule has 3 saturated carbocycles. The molecule has 0 amide bonds. The van der Waals surface area contributed by atoms with Crippen LogP contribution < -0.4 is 4.90 Å². The van der Waals surface area contributed by atoms with Gasteiger partial charge in [-0.1, -0.05) is 23.1 Å². The van der Waals surface area contributed by atoms with E-state index in [1.54, 1.807) is 0 Å². The standard InChI is InChI=1S/C25H30N4O2/c1-28(23-14-29(27-26-23)15-24-30-16-25(10-11-25)17-31-24)13-21-7-6-19(5-4-18-2-3-18)12-22(21)20-8-9-20/h6-7,12,14,18,20,24H,2-3,8-11,13,15-17H2,1H3. The van der Waals surface area contributed by atoms with Crippen molar-refractivity contribution in [3.05, 3.63) is 41.1 Å². The van der Waals surface area contributed by atoms with E-state index in [4.69, 9.17) is 9.47 Å². The van der Waals surface area contributed by atoms with E-state index in [0.717, 1.165) is 31.1 Å². The molecule has 0 unspecified atom stereocenters. The molecule has 0 N–H and O–H groups in total. The summed E-state index contributed by atoms with van der Waals surface area (Å²) in [6.07, 6.45) is 9.34. The highest BCUT2D eigenvalue weighted by Crippen LogP contribution is 2.48. The van der Waals surface area contributed by atoms with Crippen molar-refractivity contribution in [3.8, 4) is 11.8 Å². The third-order valence-electron chi connectivity index (χ3n) is 6.93. The number of ether oxygens (including phenoxy) is 2. The van der Waals surface area contributed by atoms with E-state index in [9.17, 15) is 0 Å². The Labute approximate surface area is 183 Å².